The molecule has 10 radical (unpaired) electrons. The van der Waals surface area contributed by atoms with Crippen LogP contribution in [0.15, 0.2) is 0 Å². The summed E-state index contributed by atoms with van der Waals surface area (Å²) in [6.45, 7) is 13.8. The van der Waals surface area contributed by atoms with Gasteiger partial charge >= 0.3 is 37.9 Å². The van der Waals surface area contributed by atoms with Crippen molar-refractivity contribution in [1.82, 2.24) is 0 Å². The van der Waals surface area contributed by atoms with Crippen molar-refractivity contribution in [2.75, 3.05) is 0 Å². The van der Waals surface area contributed by atoms with Crippen molar-refractivity contribution in [2.24, 2.45) is 0 Å². The third-order valence-electron chi connectivity index (χ3n) is 3.83. The molecule has 0 amide bonds. The van der Waals surface area contributed by atoms with Gasteiger partial charge in [-0.1, -0.05) is 40.8 Å². The van der Waals surface area contributed by atoms with E-state index in [0.29, 0.717) is 0 Å². The van der Waals surface area contributed by atoms with Gasteiger partial charge in [-0.25, -0.2) is 0 Å². The molecule has 2 aliphatic carbocycles. The van der Waals surface area contributed by atoms with E-state index in [2.05, 4.69) is 66.5 Å². The molecule has 0 heterocycles. The van der Waals surface area contributed by atoms with Gasteiger partial charge in [-0.15, -0.1) is 0 Å². The normalized spacial score (nSPS) is 24.8. The van der Waals surface area contributed by atoms with E-state index in [4.69, 9.17) is 17.0 Å². The molecule has 0 aromatic carbocycles. The number of halogens is 2. The Labute approximate surface area is 146 Å². The molecule has 20 heavy (non-hydrogen) atoms. The van der Waals surface area contributed by atoms with E-state index in [9.17, 15) is 0 Å². The maximum absolute atomic E-state index is 4.93. The standard InChI is InChI=1S/C16H22Si.2ClH.Zr/c1-11-7-13(3)15(9-11)17(5,6)16-10-12(2)8-14(16)4;;;/h7-10H,1-6H3;2*1H;/q;;;+4/p-2. The average Bonchev–Trinajstić information content (AvgIpc) is 2.83. The van der Waals surface area contributed by atoms with Crippen molar-refractivity contribution in [3.8, 4) is 0 Å². The van der Waals surface area contributed by atoms with Crippen LogP contribution in [-0.2, 0) is 20.8 Å². The molecule has 106 valence electrons. The van der Waals surface area contributed by atoms with Crippen LogP contribution in [0.25, 0.3) is 0 Å². The predicted octanol–water partition coefficient (Wildman–Crippen LogP) is 5.52. The fourth-order valence-electron chi connectivity index (χ4n) is 3.10. The van der Waals surface area contributed by atoms with E-state index in [1.807, 2.05) is 0 Å². The number of hydrogen-bond acceptors (Lipinski definition) is 0. The minimum absolute atomic E-state index is 0.826. The molecule has 0 spiro atoms. The molecular weight excluding hydrogens is 382 g/mol. The summed E-state index contributed by atoms with van der Waals surface area (Å²) in [5, 5.41) is 0. The van der Waals surface area contributed by atoms with Gasteiger partial charge in [0, 0.05) is 0 Å². The Hall–Kier alpha value is 1.68. The summed E-state index contributed by atoms with van der Waals surface area (Å²) in [7, 11) is 8.36. The predicted molar refractivity (Wildman–Crippen MR) is 88.5 cm³/mol. The molecule has 0 aromatic rings. The van der Waals surface area contributed by atoms with Crippen molar-refractivity contribution >= 4 is 25.1 Å². The second-order valence-corrected chi connectivity index (χ2v) is 14.0. The molecule has 0 nitrogen and oxygen atoms in total. The molecule has 2 fully saturated rings. The zero-order chi connectivity index (χ0) is 15.5. The fraction of sp³-hybridized carbons (Fsp3) is 0.375. The van der Waals surface area contributed by atoms with Crippen molar-refractivity contribution < 1.29 is 20.8 Å². The van der Waals surface area contributed by atoms with Gasteiger partial charge < -0.3 is 0 Å². The summed E-state index contributed by atoms with van der Waals surface area (Å²) in [6.07, 6.45) is 9.41. The molecule has 0 atom stereocenters. The van der Waals surface area contributed by atoms with E-state index < -0.39 is 28.9 Å². The van der Waals surface area contributed by atoms with Crippen LogP contribution in [0.5, 0.6) is 0 Å². The molecular formula is C16H22Cl2SiZr+2. The Morgan fingerprint density at radius 2 is 1.05 bits per heavy atom. The Bertz CT molecular complexity index is 272. The van der Waals surface area contributed by atoms with Crippen molar-refractivity contribution in [1.29, 1.82) is 0 Å². The summed E-state index contributed by atoms with van der Waals surface area (Å²) < 4.78 is 0. The monoisotopic (exact) mass is 402 g/mol. The Morgan fingerprint density at radius 1 is 0.750 bits per heavy atom. The second kappa shape index (κ2) is 8.51. The summed E-state index contributed by atoms with van der Waals surface area (Å²) in [6, 6.07) is 0. The van der Waals surface area contributed by atoms with E-state index in [1.54, 1.807) is 11.1 Å². The number of hydrogen-bond donors (Lipinski definition) is 0. The molecule has 4 heteroatoms. The van der Waals surface area contributed by atoms with Gasteiger partial charge in [-0.3, -0.25) is 0 Å². The first-order valence-electron chi connectivity index (χ1n) is 6.69. The first kappa shape index (κ1) is 19.7. The molecule has 2 aliphatic rings. The third-order valence-corrected chi connectivity index (χ3v) is 7.60. The van der Waals surface area contributed by atoms with Crippen molar-refractivity contribution in [2.45, 2.75) is 40.8 Å². The maximum atomic E-state index is 4.93. The molecule has 2 rings (SSSR count). The van der Waals surface area contributed by atoms with E-state index in [-0.39, 0.29) is 0 Å². The molecule has 0 bridgehead atoms. The molecule has 0 saturated heterocycles. The van der Waals surface area contributed by atoms with Crippen LogP contribution in [0.2, 0.25) is 13.1 Å². The van der Waals surface area contributed by atoms with Gasteiger partial charge in [0.25, 0.3) is 0 Å². The first-order chi connectivity index (χ1) is 9.23. The van der Waals surface area contributed by atoms with Gasteiger partial charge in [0.15, 0.2) is 0 Å². The van der Waals surface area contributed by atoms with Crippen LogP contribution >= 0.6 is 17.0 Å². The van der Waals surface area contributed by atoms with Crippen LogP contribution in [0.3, 0.4) is 0 Å². The van der Waals surface area contributed by atoms with Crippen LogP contribution in [0.1, 0.15) is 27.7 Å². The van der Waals surface area contributed by atoms with Gasteiger partial charge in [0.05, 0.1) is 8.07 Å². The van der Waals surface area contributed by atoms with Crippen LogP contribution in [0, 0.1) is 60.4 Å². The first-order valence-corrected chi connectivity index (χ1v) is 16.0. The SMILES string of the molecule is C[C]1[CH][C](C)[C]([Si](C)(C)[C]2[CH][C](C)[CH][C]2C)[CH]1.[Cl][Zr+2][Cl]. The molecule has 2 saturated carbocycles. The average molecular weight is 405 g/mol. The summed E-state index contributed by atoms with van der Waals surface area (Å²) in [5.41, 5.74) is 3.20. The van der Waals surface area contributed by atoms with Crippen molar-refractivity contribution in [3.63, 3.8) is 0 Å². The Balaban J connectivity index is 0.000000612. The zero-order valence-corrected chi connectivity index (χ0v) is 18.0. The van der Waals surface area contributed by atoms with E-state index in [0.717, 1.165) is 0 Å². The van der Waals surface area contributed by atoms with Gasteiger partial charge in [-0.05, 0) is 60.4 Å². The van der Waals surface area contributed by atoms with Crippen LogP contribution < -0.4 is 0 Å². The molecule has 0 aromatic heterocycles. The van der Waals surface area contributed by atoms with Gasteiger partial charge in [-0.2, -0.15) is 0 Å². The second-order valence-electron chi connectivity index (χ2n) is 5.96. The summed E-state index contributed by atoms with van der Waals surface area (Å²) in [4.78, 5) is 0. The van der Waals surface area contributed by atoms with Crippen molar-refractivity contribution in [3.05, 3.63) is 60.4 Å². The third kappa shape index (κ3) is 4.84. The van der Waals surface area contributed by atoms with Crippen LogP contribution in [-0.4, -0.2) is 8.07 Å². The zero-order valence-electron chi connectivity index (χ0n) is 13.1. The Morgan fingerprint density at radius 3 is 1.25 bits per heavy atom. The fourth-order valence-corrected chi connectivity index (χ4v) is 6.68. The molecule has 0 N–H and O–H groups in total. The topological polar surface area (TPSA) is 0 Å². The quantitative estimate of drug-likeness (QED) is 0.532. The Kier molecular flexibility index (Phi) is 8.39. The minimum atomic E-state index is -1.50. The van der Waals surface area contributed by atoms with Gasteiger partial charge in [0.2, 0.25) is 0 Å². The number of rotatable bonds is 2. The van der Waals surface area contributed by atoms with E-state index >= 15 is 0 Å². The molecule has 0 aliphatic heterocycles. The van der Waals surface area contributed by atoms with Gasteiger partial charge in [0.1, 0.15) is 0 Å². The summed E-state index contributed by atoms with van der Waals surface area (Å²) in [5.74, 6) is 5.74. The molecule has 0 unspecified atom stereocenters. The summed E-state index contributed by atoms with van der Waals surface area (Å²) >= 11 is -0.826. The van der Waals surface area contributed by atoms with Crippen LogP contribution in [0.4, 0.5) is 0 Å². The van der Waals surface area contributed by atoms with E-state index in [1.165, 1.54) is 23.7 Å².